The van der Waals surface area contributed by atoms with Crippen molar-refractivity contribution < 1.29 is 4.79 Å². The average Bonchev–Trinajstić information content (AvgIpc) is 1.64. The Hall–Kier alpha value is -0.0100. The minimum absolute atomic E-state index is 0.312. The number of ketones is 1. The van der Waals surface area contributed by atoms with Crippen molar-refractivity contribution in [2.45, 2.75) is 11.8 Å². The Morgan fingerprint density at radius 1 is 1.62 bits per heavy atom. The van der Waals surface area contributed by atoms with Gasteiger partial charge in [-0.2, -0.15) is 0 Å². The summed E-state index contributed by atoms with van der Waals surface area (Å²) in [4.78, 5) is 9.53. The molecule has 0 atom stereocenters. The normalized spacial score (nSPS) is 9.50. The molecule has 0 bridgehead atoms. The van der Waals surface area contributed by atoms with Crippen molar-refractivity contribution in [2.75, 3.05) is 0 Å². The maximum absolute atomic E-state index is 10.5. The van der Waals surface area contributed by atoms with Gasteiger partial charge in [0.25, 0.3) is 0 Å². The first kappa shape index (κ1) is 7.99. The lowest BCUT2D eigenvalue weighted by Crippen LogP contribution is -2.07. The molecule has 0 aliphatic carbocycles. The van der Waals surface area contributed by atoms with Crippen molar-refractivity contribution in [3.8, 4) is 0 Å². The first-order valence-electron chi connectivity index (χ1n) is 2.03. The molecule has 0 aromatic heterocycles. The van der Waals surface area contributed by atoms with Gasteiger partial charge in [-0.15, -0.1) is 0 Å². The van der Waals surface area contributed by atoms with E-state index >= 15 is 0 Å². The standard InChI is InChI=1S/C5H6Cl2O/c1-3(2)4(8)5(6)7/h5H,1H2,2H3. The highest BCUT2D eigenvalue weighted by atomic mass is 35.5. The Morgan fingerprint density at radius 3 is 2.00 bits per heavy atom. The van der Waals surface area contributed by atoms with Crippen LogP contribution in [0, 0.1) is 0 Å². The highest BCUT2D eigenvalue weighted by Crippen LogP contribution is 2.07. The average molecular weight is 153 g/mol. The second kappa shape index (κ2) is 3.10. The minimum Gasteiger partial charge on any atom is -0.291 e. The van der Waals surface area contributed by atoms with Crippen molar-refractivity contribution in [1.82, 2.24) is 0 Å². The van der Waals surface area contributed by atoms with Crippen LogP contribution in [-0.4, -0.2) is 10.6 Å². The summed E-state index contributed by atoms with van der Waals surface area (Å²) in [6.45, 7) is 4.93. The molecule has 0 heterocycles. The third-order valence-electron chi connectivity index (χ3n) is 0.619. The molecule has 0 radical (unpaired) electrons. The summed E-state index contributed by atoms with van der Waals surface area (Å²) in [6.07, 6.45) is 0. The molecule has 0 fully saturated rings. The number of halogens is 2. The monoisotopic (exact) mass is 152 g/mol. The van der Waals surface area contributed by atoms with Crippen LogP contribution in [-0.2, 0) is 4.79 Å². The fourth-order valence-corrected chi connectivity index (χ4v) is 0.559. The third-order valence-corrected chi connectivity index (χ3v) is 1.02. The van der Waals surface area contributed by atoms with E-state index in [2.05, 4.69) is 6.58 Å². The molecule has 0 aromatic carbocycles. The number of carbonyl (C=O) groups excluding carboxylic acids is 1. The highest BCUT2D eigenvalue weighted by molar-refractivity contribution is 6.55. The second-order valence-corrected chi connectivity index (χ2v) is 2.54. The predicted octanol–water partition coefficient (Wildman–Crippen LogP) is 1.94. The van der Waals surface area contributed by atoms with Gasteiger partial charge in [0.05, 0.1) is 0 Å². The molecule has 0 N–H and O–H groups in total. The summed E-state index contributed by atoms with van der Waals surface area (Å²) < 4.78 is 0. The maximum Gasteiger partial charge on any atom is 0.190 e. The molecule has 0 aromatic rings. The lowest BCUT2D eigenvalue weighted by atomic mass is 10.2. The molecule has 0 rings (SSSR count). The number of allylic oxidation sites excluding steroid dienone is 1. The van der Waals surface area contributed by atoms with Gasteiger partial charge in [-0.25, -0.2) is 0 Å². The molecule has 3 heteroatoms. The van der Waals surface area contributed by atoms with Crippen LogP contribution in [0.15, 0.2) is 12.2 Å². The van der Waals surface area contributed by atoms with Crippen molar-refractivity contribution >= 4 is 29.0 Å². The van der Waals surface area contributed by atoms with Gasteiger partial charge in [0, 0.05) is 0 Å². The van der Waals surface area contributed by atoms with Crippen molar-refractivity contribution in [3.05, 3.63) is 12.2 Å². The summed E-state index contributed by atoms with van der Waals surface area (Å²) in [5.74, 6) is -0.312. The van der Waals surface area contributed by atoms with Gasteiger partial charge in [-0.3, -0.25) is 4.79 Å². The zero-order valence-corrected chi connectivity index (χ0v) is 5.96. The summed E-state index contributed by atoms with van der Waals surface area (Å²) in [6, 6.07) is 0. The van der Waals surface area contributed by atoms with Gasteiger partial charge in [0.1, 0.15) is 0 Å². The lowest BCUT2D eigenvalue weighted by Gasteiger charge is -1.95. The molecule has 0 spiro atoms. The van der Waals surface area contributed by atoms with Gasteiger partial charge >= 0.3 is 0 Å². The number of hydrogen-bond acceptors (Lipinski definition) is 1. The second-order valence-electron chi connectivity index (χ2n) is 1.45. The van der Waals surface area contributed by atoms with E-state index in [0.717, 1.165) is 0 Å². The van der Waals surface area contributed by atoms with Crippen LogP contribution in [0.1, 0.15) is 6.92 Å². The Balaban J connectivity index is 3.84. The van der Waals surface area contributed by atoms with Crippen LogP contribution in [0.5, 0.6) is 0 Å². The van der Waals surface area contributed by atoms with E-state index in [0.29, 0.717) is 5.57 Å². The molecule has 0 aliphatic heterocycles. The fraction of sp³-hybridized carbons (Fsp3) is 0.400. The first-order chi connectivity index (χ1) is 3.55. The van der Waals surface area contributed by atoms with Gasteiger partial charge in [0.2, 0.25) is 0 Å². The van der Waals surface area contributed by atoms with E-state index in [9.17, 15) is 4.79 Å². The highest BCUT2D eigenvalue weighted by Gasteiger charge is 2.10. The fourth-order valence-electron chi connectivity index (χ4n) is 0.186. The SMILES string of the molecule is C=C(C)C(=O)C(Cl)Cl. The van der Waals surface area contributed by atoms with Crippen LogP contribution < -0.4 is 0 Å². The number of Topliss-reactive ketones (excluding diaryl/α,β-unsaturated/α-hetero) is 1. The summed E-state index contributed by atoms with van der Waals surface area (Å²) >= 11 is 10.4. The molecule has 0 amide bonds. The summed E-state index contributed by atoms with van der Waals surface area (Å²) in [5, 5.41) is 0. The van der Waals surface area contributed by atoms with E-state index in [1.807, 2.05) is 0 Å². The third kappa shape index (κ3) is 2.34. The smallest absolute Gasteiger partial charge is 0.190 e. The van der Waals surface area contributed by atoms with E-state index < -0.39 is 4.84 Å². The Morgan fingerprint density at radius 2 is 2.00 bits per heavy atom. The largest absolute Gasteiger partial charge is 0.291 e. The van der Waals surface area contributed by atoms with Gasteiger partial charge < -0.3 is 0 Å². The van der Waals surface area contributed by atoms with Gasteiger partial charge in [0.15, 0.2) is 10.6 Å². The predicted molar refractivity (Wildman–Crippen MR) is 35.3 cm³/mol. The minimum atomic E-state index is -0.951. The Labute approximate surface area is 58.3 Å². The quantitative estimate of drug-likeness (QED) is 0.437. The lowest BCUT2D eigenvalue weighted by molar-refractivity contribution is -0.113. The van der Waals surface area contributed by atoms with Gasteiger partial charge in [-0.1, -0.05) is 29.8 Å². The zero-order valence-electron chi connectivity index (χ0n) is 4.45. The number of alkyl halides is 2. The first-order valence-corrected chi connectivity index (χ1v) is 2.91. The molecule has 0 aliphatic rings. The van der Waals surface area contributed by atoms with E-state index in [-0.39, 0.29) is 5.78 Å². The van der Waals surface area contributed by atoms with Crippen molar-refractivity contribution in [3.63, 3.8) is 0 Å². The van der Waals surface area contributed by atoms with Crippen molar-refractivity contribution in [2.24, 2.45) is 0 Å². The van der Waals surface area contributed by atoms with E-state index in [4.69, 9.17) is 23.2 Å². The summed E-state index contributed by atoms with van der Waals surface area (Å²) in [5.41, 5.74) is 0.389. The topological polar surface area (TPSA) is 17.1 Å². The molecule has 0 saturated carbocycles. The summed E-state index contributed by atoms with van der Waals surface area (Å²) in [7, 11) is 0. The molecule has 46 valence electrons. The number of hydrogen-bond donors (Lipinski definition) is 0. The number of carbonyl (C=O) groups is 1. The molecule has 1 nitrogen and oxygen atoms in total. The van der Waals surface area contributed by atoms with Crippen LogP contribution in [0.25, 0.3) is 0 Å². The molecule has 8 heavy (non-hydrogen) atoms. The van der Waals surface area contributed by atoms with E-state index in [1.165, 1.54) is 0 Å². The van der Waals surface area contributed by atoms with E-state index in [1.54, 1.807) is 6.92 Å². The molecular weight excluding hydrogens is 147 g/mol. The molecule has 0 saturated heterocycles. The van der Waals surface area contributed by atoms with Crippen LogP contribution in [0.4, 0.5) is 0 Å². The van der Waals surface area contributed by atoms with Gasteiger partial charge in [-0.05, 0) is 12.5 Å². The zero-order chi connectivity index (χ0) is 6.73. The van der Waals surface area contributed by atoms with Crippen LogP contribution >= 0.6 is 23.2 Å². The molecule has 0 unspecified atom stereocenters. The Bertz CT molecular complexity index is 118. The maximum atomic E-state index is 10.5. The number of rotatable bonds is 2. The van der Waals surface area contributed by atoms with Crippen molar-refractivity contribution in [1.29, 1.82) is 0 Å². The molecular formula is C5H6Cl2O. The Kier molecular flexibility index (Phi) is 3.10. The van der Waals surface area contributed by atoms with Crippen LogP contribution in [0.2, 0.25) is 0 Å². The van der Waals surface area contributed by atoms with Crippen LogP contribution in [0.3, 0.4) is 0 Å².